The number of nitrogens with zero attached hydrogens (tertiary/aromatic N) is 3. The Kier molecular flexibility index (Phi) is 7.16. The highest BCUT2D eigenvalue weighted by Crippen LogP contribution is 2.31. The van der Waals surface area contributed by atoms with Gasteiger partial charge in [0, 0.05) is 26.2 Å². The first-order chi connectivity index (χ1) is 16.8. The Morgan fingerprint density at radius 2 is 1.63 bits per heavy atom. The van der Waals surface area contributed by atoms with Crippen LogP contribution >= 0.6 is 0 Å². The molecular formula is C26H31N5O4. The van der Waals surface area contributed by atoms with E-state index in [-0.39, 0.29) is 12.5 Å². The maximum absolute atomic E-state index is 13.2. The fourth-order valence-electron chi connectivity index (χ4n) is 4.64. The summed E-state index contributed by atoms with van der Waals surface area (Å²) in [5, 5.41) is 3.53. The van der Waals surface area contributed by atoms with Gasteiger partial charge in [-0.05, 0) is 30.0 Å². The minimum absolute atomic E-state index is 0.0291. The molecule has 2 aromatic rings. The molecule has 5 amide bonds. The first-order valence-corrected chi connectivity index (χ1v) is 11.9. The SMILES string of the molecule is CCC1(c2ccccc2)NC(=O)N(NC(=O)CN2CCN(C(=O)Cc3ccccc3C)CC2)C1=O. The van der Waals surface area contributed by atoms with Crippen molar-refractivity contribution >= 4 is 23.8 Å². The molecule has 1 atom stereocenters. The van der Waals surface area contributed by atoms with Crippen LogP contribution in [0.15, 0.2) is 54.6 Å². The third kappa shape index (κ3) is 5.05. The Morgan fingerprint density at radius 3 is 2.29 bits per heavy atom. The van der Waals surface area contributed by atoms with Gasteiger partial charge in [-0.15, -0.1) is 0 Å². The summed E-state index contributed by atoms with van der Waals surface area (Å²) in [6.07, 6.45) is 0.715. The lowest BCUT2D eigenvalue weighted by molar-refractivity contribution is -0.140. The maximum atomic E-state index is 13.2. The number of hydrogen-bond donors (Lipinski definition) is 2. The van der Waals surface area contributed by atoms with Crippen LogP contribution in [-0.4, -0.2) is 71.3 Å². The highest BCUT2D eigenvalue weighted by atomic mass is 16.2. The minimum atomic E-state index is -1.20. The molecule has 2 aromatic carbocycles. The number of rotatable bonds is 7. The quantitative estimate of drug-likeness (QED) is 0.590. The fourth-order valence-corrected chi connectivity index (χ4v) is 4.64. The molecule has 2 N–H and O–H groups in total. The first kappa shape index (κ1) is 24.4. The Bertz CT molecular complexity index is 1110. The maximum Gasteiger partial charge on any atom is 0.344 e. The van der Waals surface area contributed by atoms with Crippen LogP contribution in [0.2, 0.25) is 0 Å². The van der Waals surface area contributed by atoms with Crippen LogP contribution in [0.5, 0.6) is 0 Å². The van der Waals surface area contributed by atoms with E-state index >= 15 is 0 Å². The standard InChI is InChI=1S/C26H31N5O4/c1-3-26(21-11-5-4-6-12-21)24(34)31(25(35)27-26)28-22(32)18-29-13-15-30(16-14-29)23(33)17-20-10-8-7-9-19(20)2/h4-12H,3,13-18H2,1-2H3,(H,27,35)(H,28,32). The molecule has 2 heterocycles. The lowest BCUT2D eigenvalue weighted by atomic mass is 9.87. The number of aryl methyl sites for hydroxylation is 1. The van der Waals surface area contributed by atoms with Gasteiger partial charge in [0.25, 0.3) is 11.8 Å². The second kappa shape index (κ2) is 10.3. The van der Waals surface area contributed by atoms with E-state index in [1.54, 1.807) is 24.3 Å². The smallest absolute Gasteiger partial charge is 0.340 e. The molecule has 4 rings (SSSR count). The van der Waals surface area contributed by atoms with Gasteiger partial charge in [0.15, 0.2) is 0 Å². The number of benzene rings is 2. The summed E-state index contributed by atoms with van der Waals surface area (Å²) < 4.78 is 0. The molecule has 35 heavy (non-hydrogen) atoms. The van der Waals surface area contributed by atoms with E-state index in [1.165, 1.54) is 0 Å². The topological polar surface area (TPSA) is 102 Å². The van der Waals surface area contributed by atoms with Gasteiger partial charge in [-0.1, -0.05) is 61.5 Å². The van der Waals surface area contributed by atoms with Crippen molar-refractivity contribution in [2.45, 2.75) is 32.2 Å². The van der Waals surface area contributed by atoms with Gasteiger partial charge in [-0.3, -0.25) is 24.7 Å². The predicted molar refractivity (Wildman–Crippen MR) is 130 cm³/mol. The van der Waals surface area contributed by atoms with Gasteiger partial charge in [0.05, 0.1) is 13.0 Å². The average Bonchev–Trinajstić information content (AvgIpc) is 3.11. The predicted octanol–water partition coefficient (Wildman–Crippen LogP) is 1.57. The van der Waals surface area contributed by atoms with E-state index in [2.05, 4.69) is 10.7 Å². The molecule has 0 spiro atoms. The molecule has 0 aromatic heterocycles. The van der Waals surface area contributed by atoms with Crippen molar-refractivity contribution in [3.8, 4) is 0 Å². The van der Waals surface area contributed by atoms with Gasteiger partial charge >= 0.3 is 6.03 Å². The number of carbonyl (C=O) groups is 4. The second-order valence-corrected chi connectivity index (χ2v) is 8.99. The molecule has 0 saturated carbocycles. The van der Waals surface area contributed by atoms with Crippen molar-refractivity contribution in [2.75, 3.05) is 32.7 Å². The molecule has 2 aliphatic rings. The summed E-state index contributed by atoms with van der Waals surface area (Å²) in [5.74, 6) is -0.885. The summed E-state index contributed by atoms with van der Waals surface area (Å²) in [6.45, 7) is 5.96. The zero-order valence-corrected chi connectivity index (χ0v) is 20.1. The molecule has 2 aliphatic heterocycles. The molecule has 1 unspecified atom stereocenters. The number of hydrogen-bond acceptors (Lipinski definition) is 5. The lowest BCUT2D eigenvalue weighted by Gasteiger charge is -2.34. The number of urea groups is 1. The van der Waals surface area contributed by atoms with Crippen molar-refractivity contribution in [2.24, 2.45) is 0 Å². The minimum Gasteiger partial charge on any atom is -0.340 e. The van der Waals surface area contributed by atoms with Crippen molar-refractivity contribution in [1.29, 1.82) is 0 Å². The molecule has 9 nitrogen and oxygen atoms in total. The van der Waals surface area contributed by atoms with Crippen molar-refractivity contribution < 1.29 is 19.2 Å². The highest BCUT2D eigenvalue weighted by Gasteiger charge is 2.52. The molecule has 9 heteroatoms. The fraction of sp³-hybridized carbons (Fsp3) is 0.385. The normalized spacial score (nSPS) is 20.6. The van der Waals surface area contributed by atoms with Gasteiger partial charge in [-0.2, -0.15) is 5.01 Å². The van der Waals surface area contributed by atoms with E-state index in [9.17, 15) is 19.2 Å². The third-order valence-electron chi connectivity index (χ3n) is 6.82. The van der Waals surface area contributed by atoms with Crippen LogP contribution in [0.25, 0.3) is 0 Å². The van der Waals surface area contributed by atoms with E-state index in [0.29, 0.717) is 44.6 Å². The van der Waals surface area contributed by atoms with Crippen molar-refractivity contribution in [3.05, 3.63) is 71.3 Å². The molecule has 2 fully saturated rings. The third-order valence-corrected chi connectivity index (χ3v) is 6.82. The van der Waals surface area contributed by atoms with Gasteiger partial charge in [-0.25, -0.2) is 4.79 Å². The molecule has 184 valence electrons. The lowest BCUT2D eigenvalue weighted by Crippen LogP contribution is -2.54. The molecule has 0 aliphatic carbocycles. The van der Waals surface area contributed by atoms with E-state index in [1.807, 2.05) is 54.0 Å². The van der Waals surface area contributed by atoms with Crippen LogP contribution in [-0.2, 0) is 26.3 Å². The van der Waals surface area contributed by atoms with Gasteiger partial charge in [0.1, 0.15) is 5.54 Å². The molecule has 0 radical (unpaired) electrons. The number of nitrogens with one attached hydrogen (secondary N) is 2. The largest absolute Gasteiger partial charge is 0.344 e. The monoisotopic (exact) mass is 477 g/mol. The van der Waals surface area contributed by atoms with Crippen molar-refractivity contribution in [3.63, 3.8) is 0 Å². The first-order valence-electron chi connectivity index (χ1n) is 11.9. The summed E-state index contributed by atoms with van der Waals surface area (Å²) in [4.78, 5) is 54.8. The molecule has 0 bridgehead atoms. The Hall–Kier alpha value is -3.72. The van der Waals surface area contributed by atoms with Gasteiger partial charge in [0.2, 0.25) is 5.91 Å². The Balaban J connectivity index is 1.29. The zero-order chi connectivity index (χ0) is 25.0. The van der Waals surface area contributed by atoms with E-state index in [4.69, 9.17) is 0 Å². The van der Waals surface area contributed by atoms with Crippen LogP contribution in [0, 0.1) is 6.92 Å². The van der Waals surface area contributed by atoms with E-state index in [0.717, 1.165) is 16.1 Å². The second-order valence-electron chi connectivity index (χ2n) is 8.99. The summed E-state index contributed by atoms with van der Waals surface area (Å²) >= 11 is 0. The molecular weight excluding hydrogens is 446 g/mol. The van der Waals surface area contributed by atoms with Gasteiger partial charge < -0.3 is 10.2 Å². The van der Waals surface area contributed by atoms with Crippen LogP contribution in [0.1, 0.15) is 30.0 Å². The highest BCUT2D eigenvalue weighted by molar-refractivity contribution is 6.08. The van der Waals surface area contributed by atoms with E-state index < -0.39 is 23.4 Å². The Morgan fingerprint density at radius 1 is 0.971 bits per heavy atom. The van der Waals surface area contributed by atoms with Crippen molar-refractivity contribution in [1.82, 2.24) is 25.6 Å². The number of amides is 5. The average molecular weight is 478 g/mol. The number of imide groups is 1. The number of hydrazine groups is 1. The van der Waals surface area contributed by atoms with Crippen LogP contribution in [0.4, 0.5) is 4.79 Å². The number of carbonyl (C=O) groups excluding carboxylic acids is 4. The number of piperazine rings is 1. The summed E-state index contributed by atoms with van der Waals surface area (Å²) in [6, 6.07) is 16.2. The summed E-state index contributed by atoms with van der Waals surface area (Å²) in [7, 11) is 0. The molecule has 2 saturated heterocycles. The Labute approximate surface area is 205 Å². The van der Waals surface area contributed by atoms with Crippen LogP contribution in [0.3, 0.4) is 0 Å². The zero-order valence-electron chi connectivity index (χ0n) is 20.1. The van der Waals surface area contributed by atoms with Crippen LogP contribution < -0.4 is 10.7 Å². The summed E-state index contributed by atoms with van der Waals surface area (Å²) in [5.41, 5.74) is 4.05.